The highest BCUT2D eigenvalue weighted by Crippen LogP contribution is 2.15. The SMILES string of the molecule is COCCN(Cc1ccco1)C(=O)CSCc1ccc(C#N)cc1. The minimum absolute atomic E-state index is 0.0575. The smallest absolute Gasteiger partial charge is 0.233 e. The van der Waals surface area contributed by atoms with Gasteiger partial charge in [0.25, 0.3) is 0 Å². The second-order valence-corrected chi connectivity index (χ2v) is 6.17. The van der Waals surface area contributed by atoms with E-state index in [0.29, 0.717) is 31.0 Å². The van der Waals surface area contributed by atoms with Gasteiger partial charge in [-0.2, -0.15) is 5.26 Å². The molecule has 2 rings (SSSR count). The first-order chi connectivity index (χ1) is 11.7. The van der Waals surface area contributed by atoms with Gasteiger partial charge in [0.05, 0.1) is 36.8 Å². The maximum Gasteiger partial charge on any atom is 0.233 e. The molecule has 0 saturated heterocycles. The van der Waals surface area contributed by atoms with Gasteiger partial charge in [-0.05, 0) is 29.8 Å². The Kier molecular flexibility index (Phi) is 7.40. The number of ether oxygens (including phenoxy) is 1. The highest BCUT2D eigenvalue weighted by molar-refractivity contribution is 7.99. The van der Waals surface area contributed by atoms with Gasteiger partial charge in [-0.25, -0.2) is 0 Å². The first-order valence-corrected chi connectivity index (χ1v) is 8.74. The van der Waals surface area contributed by atoms with Crippen molar-refractivity contribution in [2.75, 3.05) is 26.0 Å². The highest BCUT2D eigenvalue weighted by Gasteiger charge is 2.15. The summed E-state index contributed by atoms with van der Waals surface area (Å²) in [4.78, 5) is 14.2. The van der Waals surface area contributed by atoms with Crippen LogP contribution in [0.2, 0.25) is 0 Å². The lowest BCUT2D eigenvalue weighted by Gasteiger charge is -2.21. The molecule has 6 heteroatoms. The van der Waals surface area contributed by atoms with E-state index in [2.05, 4.69) is 6.07 Å². The van der Waals surface area contributed by atoms with Crippen LogP contribution in [0.1, 0.15) is 16.9 Å². The average Bonchev–Trinajstić information content (AvgIpc) is 3.12. The Morgan fingerprint density at radius 3 is 2.75 bits per heavy atom. The molecule has 0 atom stereocenters. The third-order valence-corrected chi connectivity index (χ3v) is 4.41. The van der Waals surface area contributed by atoms with Gasteiger partial charge in [0.2, 0.25) is 5.91 Å². The number of methoxy groups -OCH3 is 1. The molecule has 0 aliphatic heterocycles. The highest BCUT2D eigenvalue weighted by atomic mass is 32.2. The molecule has 1 aromatic carbocycles. The van der Waals surface area contributed by atoms with Gasteiger partial charge in [0, 0.05) is 19.4 Å². The van der Waals surface area contributed by atoms with Gasteiger partial charge in [-0.15, -0.1) is 11.8 Å². The number of benzene rings is 1. The summed E-state index contributed by atoms with van der Waals surface area (Å²) < 4.78 is 10.4. The van der Waals surface area contributed by atoms with E-state index >= 15 is 0 Å². The van der Waals surface area contributed by atoms with E-state index in [4.69, 9.17) is 14.4 Å². The zero-order valence-electron chi connectivity index (χ0n) is 13.6. The molecule has 0 N–H and O–H groups in total. The fourth-order valence-electron chi connectivity index (χ4n) is 2.11. The Bertz CT molecular complexity index is 663. The van der Waals surface area contributed by atoms with E-state index in [9.17, 15) is 4.79 Å². The number of thioether (sulfide) groups is 1. The molecule has 2 aromatic rings. The molecule has 0 spiro atoms. The number of hydrogen-bond acceptors (Lipinski definition) is 5. The summed E-state index contributed by atoms with van der Waals surface area (Å²) in [5.41, 5.74) is 1.74. The molecule has 0 radical (unpaired) electrons. The van der Waals surface area contributed by atoms with Crippen LogP contribution >= 0.6 is 11.8 Å². The second-order valence-electron chi connectivity index (χ2n) is 5.19. The first-order valence-electron chi connectivity index (χ1n) is 7.59. The van der Waals surface area contributed by atoms with Crippen LogP contribution in [0.5, 0.6) is 0 Å². The molecule has 0 fully saturated rings. The Morgan fingerprint density at radius 1 is 1.33 bits per heavy atom. The summed E-state index contributed by atoms with van der Waals surface area (Å²) in [6, 6.07) is 13.2. The van der Waals surface area contributed by atoms with Crippen molar-refractivity contribution in [2.45, 2.75) is 12.3 Å². The summed E-state index contributed by atoms with van der Waals surface area (Å²) in [6.07, 6.45) is 1.61. The maximum absolute atomic E-state index is 12.4. The van der Waals surface area contributed by atoms with Crippen LogP contribution in [0.4, 0.5) is 0 Å². The molecule has 1 aromatic heterocycles. The molecule has 126 valence electrons. The van der Waals surface area contributed by atoms with Crippen LogP contribution in [0, 0.1) is 11.3 Å². The van der Waals surface area contributed by atoms with E-state index < -0.39 is 0 Å². The summed E-state index contributed by atoms with van der Waals surface area (Å²) in [5.74, 6) is 1.94. The lowest BCUT2D eigenvalue weighted by Crippen LogP contribution is -2.34. The van der Waals surface area contributed by atoms with Crippen LogP contribution in [0.3, 0.4) is 0 Å². The van der Waals surface area contributed by atoms with Crippen molar-refractivity contribution < 1.29 is 13.9 Å². The lowest BCUT2D eigenvalue weighted by atomic mass is 10.2. The average molecular weight is 344 g/mol. The van der Waals surface area contributed by atoms with E-state index in [0.717, 1.165) is 17.1 Å². The summed E-state index contributed by atoms with van der Waals surface area (Å²) in [6.45, 7) is 1.48. The van der Waals surface area contributed by atoms with E-state index in [1.54, 1.807) is 42.2 Å². The zero-order chi connectivity index (χ0) is 17.2. The molecule has 0 aliphatic carbocycles. The summed E-state index contributed by atoms with van der Waals surface area (Å²) in [5, 5.41) is 8.79. The third kappa shape index (κ3) is 5.76. The Labute approximate surface area is 146 Å². The monoisotopic (exact) mass is 344 g/mol. The maximum atomic E-state index is 12.4. The summed E-state index contributed by atoms with van der Waals surface area (Å²) in [7, 11) is 1.62. The van der Waals surface area contributed by atoms with Crippen LogP contribution < -0.4 is 0 Å². The number of carbonyl (C=O) groups excluding carboxylic acids is 1. The number of amides is 1. The topological polar surface area (TPSA) is 66.5 Å². The lowest BCUT2D eigenvalue weighted by molar-refractivity contribution is -0.129. The van der Waals surface area contributed by atoms with Gasteiger partial charge >= 0.3 is 0 Å². The summed E-state index contributed by atoms with van der Waals surface area (Å²) >= 11 is 1.56. The van der Waals surface area contributed by atoms with E-state index in [1.807, 2.05) is 24.3 Å². The molecular weight excluding hydrogens is 324 g/mol. The largest absolute Gasteiger partial charge is 0.467 e. The normalized spacial score (nSPS) is 10.3. The predicted molar refractivity (Wildman–Crippen MR) is 93.3 cm³/mol. The van der Waals surface area contributed by atoms with Crippen molar-refractivity contribution in [1.82, 2.24) is 4.90 Å². The van der Waals surface area contributed by atoms with E-state index in [-0.39, 0.29) is 5.91 Å². The number of rotatable bonds is 9. The minimum atomic E-state index is 0.0575. The number of furan rings is 1. The molecule has 24 heavy (non-hydrogen) atoms. The predicted octanol–water partition coefficient (Wildman–Crippen LogP) is 3.06. The Hall–Kier alpha value is -2.23. The number of nitrogens with zero attached hydrogens (tertiary/aromatic N) is 2. The molecule has 1 heterocycles. The second kappa shape index (κ2) is 9.81. The minimum Gasteiger partial charge on any atom is -0.467 e. The molecule has 1 amide bonds. The van der Waals surface area contributed by atoms with Crippen molar-refractivity contribution in [2.24, 2.45) is 0 Å². The zero-order valence-corrected chi connectivity index (χ0v) is 14.4. The van der Waals surface area contributed by atoms with Gasteiger partial charge in [0.15, 0.2) is 0 Å². The van der Waals surface area contributed by atoms with Gasteiger partial charge in [-0.1, -0.05) is 12.1 Å². The standard InChI is InChI=1S/C18H20N2O3S/c1-22-10-8-20(12-17-3-2-9-23-17)18(21)14-24-13-16-6-4-15(11-19)5-7-16/h2-7,9H,8,10,12-14H2,1H3. The van der Waals surface area contributed by atoms with Crippen LogP contribution in [0.25, 0.3) is 0 Å². The molecule has 0 bridgehead atoms. The third-order valence-electron chi connectivity index (χ3n) is 3.42. The molecule has 0 aliphatic rings. The van der Waals surface area contributed by atoms with E-state index in [1.165, 1.54) is 0 Å². The van der Waals surface area contributed by atoms with Gasteiger partial charge in [-0.3, -0.25) is 4.79 Å². The molecule has 5 nitrogen and oxygen atoms in total. The fourth-order valence-corrected chi connectivity index (χ4v) is 2.99. The molecule has 0 unspecified atom stereocenters. The van der Waals surface area contributed by atoms with Crippen LogP contribution in [-0.4, -0.2) is 36.8 Å². The van der Waals surface area contributed by atoms with Crippen molar-refractivity contribution >= 4 is 17.7 Å². The quantitative estimate of drug-likeness (QED) is 0.699. The van der Waals surface area contributed by atoms with Crippen molar-refractivity contribution in [3.8, 4) is 6.07 Å². The Morgan fingerprint density at radius 2 is 2.12 bits per heavy atom. The van der Waals surface area contributed by atoms with Crippen LogP contribution in [-0.2, 0) is 21.8 Å². The van der Waals surface area contributed by atoms with Gasteiger partial charge in [0.1, 0.15) is 5.76 Å². The van der Waals surface area contributed by atoms with Gasteiger partial charge < -0.3 is 14.1 Å². The van der Waals surface area contributed by atoms with Crippen LogP contribution in [0.15, 0.2) is 47.1 Å². The molecule has 0 saturated carbocycles. The van der Waals surface area contributed by atoms with Crippen molar-refractivity contribution in [1.29, 1.82) is 5.26 Å². The Balaban J connectivity index is 1.83. The number of hydrogen-bond donors (Lipinski definition) is 0. The fraction of sp³-hybridized carbons (Fsp3) is 0.333. The molecular formula is C18H20N2O3S. The van der Waals surface area contributed by atoms with Crippen molar-refractivity contribution in [3.63, 3.8) is 0 Å². The number of nitriles is 1. The number of carbonyl (C=O) groups is 1. The van der Waals surface area contributed by atoms with Crippen molar-refractivity contribution in [3.05, 3.63) is 59.5 Å². The first kappa shape index (κ1) is 18.1.